The molecule has 0 unspecified atom stereocenters. The second-order valence-electron chi connectivity index (χ2n) is 3.55. The van der Waals surface area contributed by atoms with Gasteiger partial charge in [-0.15, -0.1) is 0 Å². The van der Waals surface area contributed by atoms with Crippen molar-refractivity contribution in [1.29, 1.82) is 0 Å². The van der Waals surface area contributed by atoms with Gasteiger partial charge >= 0.3 is 5.69 Å². The highest BCUT2D eigenvalue weighted by Gasteiger charge is 2.20. The smallest absolute Gasteiger partial charge is 0.311 e. The van der Waals surface area contributed by atoms with Crippen LogP contribution >= 0.6 is 0 Å². The molecule has 1 amide bonds. The van der Waals surface area contributed by atoms with Gasteiger partial charge in [0.15, 0.2) is 0 Å². The maximum Gasteiger partial charge on any atom is 0.311 e. The van der Waals surface area contributed by atoms with Crippen molar-refractivity contribution >= 4 is 11.6 Å². The number of amides is 1. The van der Waals surface area contributed by atoms with Crippen molar-refractivity contribution < 1.29 is 14.8 Å². The molecule has 1 heterocycles. The minimum absolute atomic E-state index is 0.0704. The molecule has 0 radical (unpaired) electrons. The Morgan fingerprint density at radius 1 is 1.53 bits per heavy atom. The lowest BCUT2D eigenvalue weighted by atomic mass is 10.1. The fourth-order valence-electron chi connectivity index (χ4n) is 1.44. The maximum absolute atomic E-state index is 11.8. The first kappa shape index (κ1) is 12.5. The van der Waals surface area contributed by atoms with Crippen LogP contribution in [0, 0.1) is 10.1 Å². The molecule has 0 fully saturated rings. The van der Waals surface area contributed by atoms with E-state index in [0.717, 1.165) is 6.07 Å². The highest BCUT2D eigenvalue weighted by Crippen LogP contribution is 2.28. The predicted molar refractivity (Wildman–Crippen MR) is 62.3 cm³/mol. The number of phenols is 1. The van der Waals surface area contributed by atoms with E-state index in [2.05, 4.69) is 20.5 Å². The van der Waals surface area contributed by atoms with Crippen LogP contribution in [-0.4, -0.2) is 31.1 Å². The van der Waals surface area contributed by atoms with Crippen molar-refractivity contribution in [2.45, 2.75) is 6.54 Å². The minimum Gasteiger partial charge on any atom is -0.502 e. The van der Waals surface area contributed by atoms with Crippen LogP contribution in [0.4, 0.5) is 5.69 Å². The van der Waals surface area contributed by atoms with E-state index in [9.17, 15) is 20.0 Å². The molecule has 0 aliphatic rings. The lowest BCUT2D eigenvalue weighted by Crippen LogP contribution is -2.23. The molecule has 0 aliphatic heterocycles. The number of H-pyrrole nitrogens is 1. The van der Waals surface area contributed by atoms with E-state index in [4.69, 9.17) is 0 Å². The first-order valence-electron chi connectivity index (χ1n) is 5.18. The quantitative estimate of drug-likeness (QED) is 0.538. The van der Waals surface area contributed by atoms with Gasteiger partial charge in [-0.3, -0.25) is 20.0 Å². The molecular formula is C10H9N5O4. The van der Waals surface area contributed by atoms with Crippen LogP contribution in [0.1, 0.15) is 16.2 Å². The third-order valence-electron chi connectivity index (χ3n) is 2.34. The summed E-state index contributed by atoms with van der Waals surface area (Å²) in [6.45, 7) is 0.0704. The van der Waals surface area contributed by atoms with Crippen molar-refractivity contribution in [1.82, 2.24) is 20.5 Å². The third kappa shape index (κ3) is 2.65. The first-order valence-corrected chi connectivity index (χ1v) is 5.18. The summed E-state index contributed by atoms with van der Waals surface area (Å²) in [4.78, 5) is 25.4. The Morgan fingerprint density at radius 3 is 2.95 bits per heavy atom. The van der Waals surface area contributed by atoms with Gasteiger partial charge in [0.25, 0.3) is 5.91 Å². The lowest BCUT2D eigenvalue weighted by molar-refractivity contribution is -0.385. The fraction of sp³-hybridized carbons (Fsp3) is 0.100. The largest absolute Gasteiger partial charge is 0.502 e. The normalized spacial score (nSPS) is 10.1. The Labute approximate surface area is 106 Å². The maximum atomic E-state index is 11.8. The van der Waals surface area contributed by atoms with Crippen LogP contribution in [-0.2, 0) is 6.54 Å². The number of para-hydroxylation sites is 1. The molecule has 1 aromatic carbocycles. The Kier molecular flexibility index (Phi) is 3.37. The fourth-order valence-corrected chi connectivity index (χ4v) is 1.44. The summed E-state index contributed by atoms with van der Waals surface area (Å²) >= 11 is 0. The molecular weight excluding hydrogens is 254 g/mol. The van der Waals surface area contributed by atoms with Crippen molar-refractivity contribution in [2.24, 2.45) is 0 Å². The van der Waals surface area contributed by atoms with E-state index >= 15 is 0 Å². The molecule has 2 rings (SSSR count). The number of carbonyl (C=O) groups is 1. The second kappa shape index (κ2) is 5.12. The molecule has 0 spiro atoms. The summed E-state index contributed by atoms with van der Waals surface area (Å²) in [5, 5.41) is 28.9. The monoisotopic (exact) mass is 263 g/mol. The van der Waals surface area contributed by atoms with Crippen molar-refractivity contribution in [3.63, 3.8) is 0 Å². The number of aromatic hydroxyl groups is 1. The van der Waals surface area contributed by atoms with Crippen LogP contribution in [0.25, 0.3) is 0 Å². The number of aromatic nitrogens is 3. The SMILES string of the molecule is O=C(NCc1ncn[nH]1)c1cccc([N+](=O)[O-])c1O. The highest BCUT2D eigenvalue weighted by atomic mass is 16.6. The number of nitrogens with one attached hydrogen (secondary N) is 2. The number of benzene rings is 1. The first-order chi connectivity index (χ1) is 9.09. The van der Waals surface area contributed by atoms with Gasteiger partial charge in [-0.1, -0.05) is 6.07 Å². The summed E-state index contributed by atoms with van der Waals surface area (Å²) in [6.07, 6.45) is 1.28. The van der Waals surface area contributed by atoms with E-state index in [0.29, 0.717) is 5.82 Å². The standard InChI is InChI=1S/C10H9N5O4/c16-9-6(2-1-3-7(9)15(18)19)10(17)11-4-8-12-5-13-14-8/h1-3,5,16H,4H2,(H,11,17)(H,12,13,14). The van der Waals surface area contributed by atoms with Crippen LogP contribution < -0.4 is 5.32 Å². The van der Waals surface area contributed by atoms with Gasteiger partial charge in [0.2, 0.25) is 5.75 Å². The van der Waals surface area contributed by atoms with Crippen LogP contribution in [0.3, 0.4) is 0 Å². The van der Waals surface area contributed by atoms with E-state index < -0.39 is 22.3 Å². The van der Waals surface area contributed by atoms with Crippen molar-refractivity contribution in [2.75, 3.05) is 0 Å². The van der Waals surface area contributed by atoms with Gasteiger partial charge < -0.3 is 10.4 Å². The number of hydrogen-bond donors (Lipinski definition) is 3. The minimum atomic E-state index is -0.761. The van der Waals surface area contributed by atoms with Gasteiger partial charge in [-0.25, -0.2) is 4.98 Å². The van der Waals surface area contributed by atoms with Crippen LogP contribution in [0.2, 0.25) is 0 Å². The molecule has 3 N–H and O–H groups in total. The number of phenolic OH excluding ortho intramolecular Hbond substituents is 1. The summed E-state index contributed by atoms with van der Waals surface area (Å²) in [6, 6.07) is 3.72. The summed E-state index contributed by atoms with van der Waals surface area (Å²) < 4.78 is 0. The van der Waals surface area contributed by atoms with Crippen LogP contribution in [0.15, 0.2) is 24.5 Å². The molecule has 19 heavy (non-hydrogen) atoms. The van der Waals surface area contributed by atoms with Gasteiger partial charge in [-0.05, 0) is 6.07 Å². The molecule has 0 saturated heterocycles. The molecule has 0 aliphatic carbocycles. The molecule has 0 bridgehead atoms. The summed E-state index contributed by atoms with van der Waals surface area (Å²) in [5.41, 5.74) is -0.693. The van der Waals surface area contributed by atoms with Crippen LogP contribution in [0.5, 0.6) is 5.75 Å². The average Bonchev–Trinajstić information content (AvgIpc) is 2.89. The molecule has 0 atom stereocenters. The summed E-state index contributed by atoms with van der Waals surface area (Å²) in [7, 11) is 0. The average molecular weight is 263 g/mol. The number of nitro benzene ring substituents is 1. The van der Waals surface area contributed by atoms with E-state index in [1.54, 1.807) is 0 Å². The van der Waals surface area contributed by atoms with Gasteiger partial charge in [0, 0.05) is 6.07 Å². The van der Waals surface area contributed by atoms with Gasteiger partial charge in [0.05, 0.1) is 17.0 Å². The van der Waals surface area contributed by atoms with E-state index in [1.165, 1.54) is 18.5 Å². The zero-order chi connectivity index (χ0) is 13.8. The van der Waals surface area contributed by atoms with Gasteiger partial charge in [0.1, 0.15) is 12.2 Å². The predicted octanol–water partition coefficient (Wildman–Crippen LogP) is 0.348. The van der Waals surface area contributed by atoms with Crippen molar-refractivity contribution in [3.8, 4) is 5.75 Å². The molecule has 0 saturated carbocycles. The number of carbonyl (C=O) groups excluding carboxylic acids is 1. The molecule has 1 aromatic heterocycles. The Balaban J connectivity index is 2.15. The number of rotatable bonds is 4. The van der Waals surface area contributed by atoms with Crippen molar-refractivity contribution in [3.05, 3.63) is 46.0 Å². The number of nitrogens with zero attached hydrogens (tertiary/aromatic N) is 3. The topological polar surface area (TPSA) is 134 Å². The number of aromatic amines is 1. The second-order valence-corrected chi connectivity index (χ2v) is 3.55. The zero-order valence-corrected chi connectivity index (χ0v) is 9.53. The molecule has 98 valence electrons. The summed E-state index contributed by atoms with van der Waals surface area (Å²) in [5.74, 6) is -0.876. The third-order valence-corrected chi connectivity index (χ3v) is 2.34. The molecule has 9 nitrogen and oxygen atoms in total. The molecule has 9 heteroatoms. The lowest BCUT2D eigenvalue weighted by Gasteiger charge is -2.05. The van der Waals surface area contributed by atoms with E-state index in [1.807, 2.05) is 0 Å². The number of nitro groups is 1. The number of hydrogen-bond acceptors (Lipinski definition) is 6. The Hall–Kier alpha value is -2.97. The zero-order valence-electron chi connectivity index (χ0n) is 9.53. The van der Waals surface area contributed by atoms with E-state index in [-0.39, 0.29) is 12.1 Å². The molecule has 2 aromatic rings. The highest BCUT2D eigenvalue weighted by molar-refractivity contribution is 5.97. The Bertz CT molecular complexity index is 610. The van der Waals surface area contributed by atoms with Gasteiger partial charge in [-0.2, -0.15) is 5.10 Å². The Morgan fingerprint density at radius 2 is 2.32 bits per heavy atom.